The van der Waals surface area contributed by atoms with Crippen molar-refractivity contribution in [2.24, 2.45) is 5.73 Å². The molecule has 1 rings (SSSR count). The molecule has 0 bridgehead atoms. The molecule has 0 aliphatic carbocycles. The summed E-state index contributed by atoms with van der Waals surface area (Å²) in [5, 5.41) is 1.15. The molecule has 15 heavy (non-hydrogen) atoms. The van der Waals surface area contributed by atoms with Crippen LogP contribution in [0.15, 0.2) is 0 Å². The van der Waals surface area contributed by atoms with Gasteiger partial charge in [-0.05, 0) is 19.4 Å². The van der Waals surface area contributed by atoms with Crippen LogP contribution < -0.4 is 5.73 Å². The molecule has 1 aliphatic heterocycles. The number of carbonyl (C=O) groups excluding carboxylic acids is 1. The lowest BCUT2D eigenvalue weighted by atomic mass is 10.2. The smallest absolute Gasteiger partial charge is 0.222 e. The maximum atomic E-state index is 11.8. The third-order valence-corrected chi connectivity index (χ3v) is 3.84. The number of rotatable bonds is 4. The molecule has 1 saturated heterocycles. The van der Waals surface area contributed by atoms with Crippen molar-refractivity contribution in [1.82, 2.24) is 4.90 Å². The van der Waals surface area contributed by atoms with Crippen LogP contribution in [0, 0.1) is 0 Å². The summed E-state index contributed by atoms with van der Waals surface area (Å²) in [4.78, 5) is 13.9. The van der Waals surface area contributed by atoms with E-state index in [0.717, 1.165) is 25.9 Å². The van der Waals surface area contributed by atoms with Crippen molar-refractivity contribution in [3.8, 4) is 0 Å². The van der Waals surface area contributed by atoms with Crippen LogP contribution in [-0.2, 0) is 4.79 Å². The molecule has 4 heteroatoms. The van der Waals surface area contributed by atoms with Crippen LogP contribution >= 0.6 is 11.8 Å². The van der Waals surface area contributed by atoms with E-state index in [1.165, 1.54) is 0 Å². The van der Waals surface area contributed by atoms with Crippen molar-refractivity contribution in [2.45, 2.75) is 43.6 Å². The fourth-order valence-electron chi connectivity index (χ4n) is 1.96. The van der Waals surface area contributed by atoms with Crippen LogP contribution in [0.4, 0.5) is 0 Å². The van der Waals surface area contributed by atoms with E-state index in [0.29, 0.717) is 29.4 Å². The summed E-state index contributed by atoms with van der Waals surface area (Å²) in [5.41, 5.74) is 5.41. The van der Waals surface area contributed by atoms with Crippen molar-refractivity contribution < 1.29 is 4.79 Å². The Bertz CT molecular complexity index is 201. The van der Waals surface area contributed by atoms with E-state index in [2.05, 4.69) is 13.8 Å². The van der Waals surface area contributed by atoms with Crippen LogP contribution in [0.5, 0.6) is 0 Å². The van der Waals surface area contributed by atoms with Gasteiger partial charge in [0.2, 0.25) is 5.91 Å². The van der Waals surface area contributed by atoms with Gasteiger partial charge in [-0.25, -0.2) is 0 Å². The molecular weight excluding hydrogens is 208 g/mol. The maximum Gasteiger partial charge on any atom is 0.222 e. The Kier molecular flexibility index (Phi) is 5.47. The lowest BCUT2D eigenvalue weighted by Crippen LogP contribution is -2.43. The van der Waals surface area contributed by atoms with Crippen LogP contribution in [0.3, 0.4) is 0 Å². The molecule has 88 valence electrons. The third kappa shape index (κ3) is 4.43. The van der Waals surface area contributed by atoms with Gasteiger partial charge in [0.1, 0.15) is 0 Å². The molecule has 0 radical (unpaired) electrons. The minimum absolute atomic E-state index is 0.308. The number of unbranched alkanes of at least 4 members (excludes halogenated alkanes) is 1. The first-order valence-corrected chi connectivity index (χ1v) is 6.71. The normalized spacial score (nSPS) is 26.7. The molecule has 0 aromatic rings. The molecule has 1 amide bonds. The van der Waals surface area contributed by atoms with E-state index >= 15 is 0 Å². The highest BCUT2D eigenvalue weighted by Gasteiger charge is 2.25. The molecule has 0 aromatic carbocycles. The van der Waals surface area contributed by atoms with E-state index in [9.17, 15) is 4.79 Å². The van der Waals surface area contributed by atoms with Gasteiger partial charge < -0.3 is 10.6 Å². The van der Waals surface area contributed by atoms with Gasteiger partial charge in [0, 0.05) is 30.0 Å². The molecule has 1 heterocycles. The van der Waals surface area contributed by atoms with Crippen LogP contribution in [0.2, 0.25) is 0 Å². The number of thioether (sulfide) groups is 1. The summed E-state index contributed by atoms with van der Waals surface area (Å²) in [7, 11) is 0. The lowest BCUT2D eigenvalue weighted by molar-refractivity contribution is -0.131. The topological polar surface area (TPSA) is 46.3 Å². The van der Waals surface area contributed by atoms with Crippen LogP contribution in [-0.4, -0.2) is 40.9 Å². The number of hydrogen-bond acceptors (Lipinski definition) is 3. The molecule has 0 spiro atoms. The minimum atomic E-state index is 0.308. The van der Waals surface area contributed by atoms with E-state index < -0.39 is 0 Å². The molecular formula is C11H22N2OS. The van der Waals surface area contributed by atoms with E-state index in [4.69, 9.17) is 5.73 Å². The average molecular weight is 230 g/mol. The summed E-state index contributed by atoms with van der Waals surface area (Å²) in [5.74, 6) is 0.308. The molecule has 3 nitrogen and oxygen atoms in total. The van der Waals surface area contributed by atoms with Crippen molar-refractivity contribution in [2.75, 3.05) is 19.6 Å². The maximum absolute atomic E-state index is 11.8. The minimum Gasteiger partial charge on any atom is -0.341 e. The zero-order valence-electron chi connectivity index (χ0n) is 9.74. The Labute approximate surface area is 96.8 Å². The van der Waals surface area contributed by atoms with Crippen molar-refractivity contribution in [3.63, 3.8) is 0 Å². The Morgan fingerprint density at radius 2 is 1.93 bits per heavy atom. The molecule has 2 atom stereocenters. The second-order valence-electron chi connectivity index (χ2n) is 4.30. The molecule has 1 fully saturated rings. The Hall–Kier alpha value is -0.220. The summed E-state index contributed by atoms with van der Waals surface area (Å²) in [6.07, 6.45) is 2.56. The van der Waals surface area contributed by atoms with E-state index in [1.807, 2.05) is 16.7 Å². The predicted molar refractivity (Wildman–Crippen MR) is 66.0 cm³/mol. The second-order valence-corrected chi connectivity index (χ2v) is 6.18. The number of carbonyl (C=O) groups is 1. The predicted octanol–water partition coefficient (Wildman–Crippen LogP) is 1.47. The zero-order valence-corrected chi connectivity index (χ0v) is 10.6. The highest BCUT2D eigenvalue weighted by molar-refractivity contribution is 8.00. The largest absolute Gasteiger partial charge is 0.341 e. The number of nitrogens with zero attached hydrogens (tertiary/aromatic N) is 1. The van der Waals surface area contributed by atoms with Gasteiger partial charge in [-0.2, -0.15) is 11.8 Å². The Balaban J connectivity index is 2.31. The van der Waals surface area contributed by atoms with E-state index in [-0.39, 0.29) is 0 Å². The quantitative estimate of drug-likeness (QED) is 0.744. The van der Waals surface area contributed by atoms with Crippen LogP contribution in [0.1, 0.15) is 33.1 Å². The highest BCUT2D eigenvalue weighted by atomic mass is 32.2. The summed E-state index contributed by atoms with van der Waals surface area (Å²) in [6.45, 7) is 6.91. The lowest BCUT2D eigenvalue weighted by Gasteiger charge is -2.34. The summed E-state index contributed by atoms with van der Waals surface area (Å²) in [6, 6.07) is 0. The van der Waals surface area contributed by atoms with Gasteiger partial charge in [0.15, 0.2) is 0 Å². The van der Waals surface area contributed by atoms with Gasteiger partial charge >= 0.3 is 0 Å². The van der Waals surface area contributed by atoms with Gasteiger partial charge in [0.25, 0.3) is 0 Å². The SMILES string of the molecule is CC1CN(C(=O)CCCCN)CC(C)S1. The number of hydrogen-bond donors (Lipinski definition) is 1. The fraction of sp³-hybridized carbons (Fsp3) is 0.909. The summed E-state index contributed by atoms with van der Waals surface area (Å²) < 4.78 is 0. The van der Waals surface area contributed by atoms with Gasteiger partial charge in [-0.1, -0.05) is 13.8 Å². The Morgan fingerprint density at radius 1 is 1.33 bits per heavy atom. The first kappa shape index (κ1) is 12.8. The number of nitrogens with two attached hydrogens (primary N) is 1. The van der Waals surface area contributed by atoms with Gasteiger partial charge in [-0.3, -0.25) is 4.79 Å². The zero-order chi connectivity index (χ0) is 11.3. The van der Waals surface area contributed by atoms with Crippen LogP contribution in [0.25, 0.3) is 0 Å². The monoisotopic (exact) mass is 230 g/mol. The molecule has 0 aromatic heterocycles. The average Bonchev–Trinajstić information content (AvgIpc) is 2.16. The van der Waals surface area contributed by atoms with Crippen molar-refractivity contribution >= 4 is 17.7 Å². The van der Waals surface area contributed by atoms with Gasteiger partial charge in [-0.15, -0.1) is 0 Å². The third-order valence-electron chi connectivity index (χ3n) is 2.62. The molecule has 0 saturated carbocycles. The highest BCUT2D eigenvalue weighted by Crippen LogP contribution is 2.25. The van der Waals surface area contributed by atoms with Gasteiger partial charge in [0.05, 0.1) is 0 Å². The molecule has 2 unspecified atom stereocenters. The molecule has 1 aliphatic rings. The Morgan fingerprint density at radius 3 is 2.47 bits per heavy atom. The fourth-order valence-corrected chi connectivity index (χ4v) is 3.29. The number of amides is 1. The van der Waals surface area contributed by atoms with Crippen molar-refractivity contribution in [1.29, 1.82) is 0 Å². The van der Waals surface area contributed by atoms with E-state index in [1.54, 1.807) is 0 Å². The summed E-state index contributed by atoms with van der Waals surface area (Å²) >= 11 is 1.98. The first-order valence-electron chi connectivity index (χ1n) is 5.76. The first-order chi connectivity index (χ1) is 7.13. The van der Waals surface area contributed by atoms with Crippen molar-refractivity contribution in [3.05, 3.63) is 0 Å². The molecule has 2 N–H and O–H groups in total. The standard InChI is InChI=1S/C11H22N2OS/c1-9-7-13(8-10(2)15-9)11(14)5-3-4-6-12/h9-10H,3-8,12H2,1-2H3. The second kappa shape index (κ2) is 6.38.